The van der Waals surface area contributed by atoms with Crippen LogP contribution in [-0.2, 0) is 4.79 Å². The van der Waals surface area contributed by atoms with E-state index in [9.17, 15) is 4.79 Å². The van der Waals surface area contributed by atoms with Crippen molar-refractivity contribution in [2.45, 2.75) is 44.7 Å². The van der Waals surface area contributed by atoms with E-state index in [0.717, 1.165) is 25.7 Å². The fraction of sp³-hybridized carbons (Fsp3) is 0.889. The van der Waals surface area contributed by atoms with Gasteiger partial charge in [0.15, 0.2) is 0 Å². The predicted octanol–water partition coefficient (Wildman–Crippen LogP) is 0.735. The van der Waals surface area contributed by atoms with Crippen molar-refractivity contribution in [1.29, 1.82) is 0 Å². The molecule has 70 valence electrons. The molecule has 1 atom stereocenters. The van der Waals surface area contributed by atoms with Gasteiger partial charge in [-0.25, -0.2) is 0 Å². The maximum atomic E-state index is 11.5. The van der Waals surface area contributed by atoms with Gasteiger partial charge >= 0.3 is 0 Å². The molecule has 1 fully saturated rings. The number of rotatable bonds is 4. The molecule has 0 heterocycles. The molecule has 0 saturated heterocycles. The van der Waals surface area contributed by atoms with Crippen molar-refractivity contribution in [3.05, 3.63) is 0 Å². The summed E-state index contributed by atoms with van der Waals surface area (Å²) in [6, 6.07) is 0.209. The van der Waals surface area contributed by atoms with Crippen molar-refractivity contribution in [3.8, 4) is 0 Å². The van der Waals surface area contributed by atoms with E-state index in [1.807, 2.05) is 14.0 Å². The van der Waals surface area contributed by atoms with Crippen molar-refractivity contribution in [1.82, 2.24) is 4.90 Å². The lowest BCUT2D eigenvalue weighted by molar-refractivity contribution is -0.131. The van der Waals surface area contributed by atoms with Crippen LogP contribution in [0.4, 0.5) is 0 Å². The monoisotopic (exact) mass is 170 g/mol. The molecule has 1 saturated carbocycles. The normalized spacial score (nSPS) is 18.9. The van der Waals surface area contributed by atoms with E-state index in [0.29, 0.717) is 6.04 Å². The second-order valence-corrected chi connectivity index (χ2v) is 3.58. The Hall–Kier alpha value is -0.570. The number of carbonyl (C=O) groups is 1. The maximum Gasteiger partial charge on any atom is 0.239 e. The third kappa shape index (κ3) is 2.21. The zero-order valence-corrected chi connectivity index (χ0v) is 7.92. The second kappa shape index (κ2) is 3.90. The summed E-state index contributed by atoms with van der Waals surface area (Å²) in [6.45, 7) is 2.05. The standard InChI is InChI=1S/C9H18N2O/c1-3-4-8(10)9(12)11(2)7-5-6-7/h7-8H,3-6,10H2,1-2H3/t8-/m0/s1. The summed E-state index contributed by atoms with van der Waals surface area (Å²) < 4.78 is 0. The van der Waals surface area contributed by atoms with E-state index in [1.165, 1.54) is 0 Å². The maximum absolute atomic E-state index is 11.5. The molecule has 12 heavy (non-hydrogen) atoms. The van der Waals surface area contributed by atoms with Crippen LogP contribution in [0.5, 0.6) is 0 Å². The van der Waals surface area contributed by atoms with Gasteiger partial charge in [-0.3, -0.25) is 4.79 Å². The summed E-state index contributed by atoms with van der Waals surface area (Å²) in [5.41, 5.74) is 5.70. The molecule has 0 bridgehead atoms. The van der Waals surface area contributed by atoms with Gasteiger partial charge in [-0.1, -0.05) is 13.3 Å². The fourth-order valence-corrected chi connectivity index (χ4v) is 1.34. The van der Waals surface area contributed by atoms with Gasteiger partial charge in [0.25, 0.3) is 0 Å². The van der Waals surface area contributed by atoms with Gasteiger partial charge in [-0.05, 0) is 19.3 Å². The molecule has 1 aliphatic carbocycles. The molecule has 1 rings (SSSR count). The topological polar surface area (TPSA) is 46.3 Å². The highest BCUT2D eigenvalue weighted by Gasteiger charge is 2.31. The van der Waals surface area contributed by atoms with Gasteiger partial charge in [-0.2, -0.15) is 0 Å². The molecule has 3 heteroatoms. The minimum atomic E-state index is -0.277. The molecule has 1 amide bonds. The molecule has 2 N–H and O–H groups in total. The summed E-state index contributed by atoms with van der Waals surface area (Å²) in [4.78, 5) is 13.3. The molecule has 3 nitrogen and oxygen atoms in total. The quantitative estimate of drug-likeness (QED) is 0.676. The van der Waals surface area contributed by atoms with Crippen LogP contribution in [-0.4, -0.2) is 29.9 Å². The van der Waals surface area contributed by atoms with Gasteiger partial charge in [0.2, 0.25) is 5.91 Å². The molecule has 0 aromatic heterocycles. The van der Waals surface area contributed by atoms with Crippen LogP contribution in [0.15, 0.2) is 0 Å². The van der Waals surface area contributed by atoms with E-state index in [1.54, 1.807) is 4.90 Å². The largest absolute Gasteiger partial charge is 0.341 e. The third-order valence-electron chi connectivity index (χ3n) is 2.36. The third-order valence-corrected chi connectivity index (χ3v) is 2.36. The van der Waals surface area contributed by atoms with E-state index < -0.39 is 0 Å². The highest BCUT2D eigenvalue weighted by molar-refractivity contribution is 5.81. The number of hydrogen-bond donors (Lipinski definition) is 1. The Balaban J connectivity index is 2.33. The SMILES string of the molecule is CCC[C@H](N)C(=O)N(C)C1CC1. The highest BCUT2D eigenvalue weighted by Crippen LogP contribution is 2.25. The molecule has 1 aliphatic rings. The van der Waals surface area contributed by atoms with E-state index in [4.69, 9.17) is 5.73 Å². The zero-order valence-electron chi connectivity index (χ0n) is 7.92. The number of hydrogen-bond acceptors (Lipinski definition) is 2. The Morgan fingerprint density at radius 3 is 2.67 bits per heavy atom. The van der Waals surface area contributed by atoms with Gasteiger partial charge in [-0.15, -0.1) is 0 Å². The molecule has 0 aliphatic heterocycles. The van der Waals surface area contributed by atoms with Crippen LogP contribution in [0.3, 0.4) is 0 Å². The highest BCUT2D eigenvalue weighted by atomic mass is 16.2. The average molecular weight is 170 g/mol. The van der Waals surface area contributed by atoms with E-state index in [2.05, 4.69) is 0 Å². The Bertz CT molecular complexity index is 166. The van der Waals surface area contributed by atoms with Crippen LogP contribution in [0.1, 0.15) is 32.6 Å². The van der Waals surface area contributed by atoms with Crippen molar-refractivity contribution in [2.75, 3.05) is 7.05 Å². The van der Waals surface area contributed by atoms with Crippen LogP contribution in [0.25, 0.3) is 0 Å². The van der Waals surface area contributed by atoms with Crippen molar-refractivity contribution in [2.24, 2.45) is 5.73 Å². The minimum Gasteiger partial charge on any atom is -0.341 e. The van der Waals surface area contributed by atoms with Gasteiger partial charge in [0, 0.05) is 13.1 Å². The van der Waals surface area contributed by atoms with Crippen LogP contribution >= 0.6 is 0 Å². The Morgan fingerprint density at radius 2 is 2.25 bits per heavy atom. The molecule has 0 aromatic carbocycles. The predicted molar refractivity (Wildman–Crippen MR) is 48.7 cm³/mol. The molecule has 0 radical (unpaired) electrons. The average Bonchev–Trinajstić information content (AvgIpc) is 2.84. The fourth-order valence-electron chi connectivity index (χ4n) is 1.34. The number of amides is 1. The number of likely N-dealkylation sites (N-methyl/N-ethyl adjacent to an activating group) is 1. The van der Waals surface area contributed by atoms with E-state index in [-0.39, 0.29) is 11.9 Å². The molecule has 0 aromatic rings. The van der Waals surface area contributed by atoms with Gasteiger partial charge in [0.05, 0.1) is 6.04 Å². The van der Waals surface area contributed by atoms with Gasteiger partial charge in [0.1, 0.15) is 0 Å². The number of nitrogens with zero attached hydrogens (tertiary/aromatic N) is 1. The molecular weight excluding hydrogens is 152 g/mol. The first-order chi connectivity index (χ1) is 5.66. The lowest BCUT2D eigenvalue weighted by atomic mass is 10.1. The minimum absolute atomic E-state index is 0.111. The van der Waals surface area contributed by atoms with E-state index >= 15 is 0 Å². The Morgan fingerprint density at radius 1 is 1.67 bits per heavy atom. The van der Waals surface area contributed by atoms with Gasteiger partial charge < -0.3 is 10.6 Å². The number of nitrogens with two attached hydrogens (primary N) is 1. The lowest BCUT2D eigenvalue weighted by Crippen LogP contribution is -2.42. The van der Waals surface area contributed by atoms with Crippen LogP contribution < -0.4 is 5.73 Å². The Labute approximate surface area is 73.9 Å². The molecular formula is C9H18N2O. The first-order valence-corrected chi connectivity index (χ1v) is 4.69. The number of carbonyl (C=O) groups excluding carboxylic acids is 1. The Kier molecular flexibility index (Phi) is 3.09. The lowest BCUT2D eigenvalue weighted by Gasteiger charge is -2.20. The first kappa shape index (κ1) is 9.52. The van der Waals surface area contributed by atoms with Crippen molar-refractivity contribution in [3.63, 3.8) is 0 Å². The molecule has 0 unspecified atom stereocenters. The summed E-state index contributed by atoms with van der Waals surface area (Å²) >= 11 is 0. The van der Waals surface area contributed by atoms with Crippen LogP contribution in [0.2, 0.25) is 0 Å². The van der Waals surface area contributed by atoms with Crippen molar-refractivity contribution < 1.29 is 4.79 Å². The smallest absolute Gasteiger partial charge is 0.239 e. The summed E-state index contributed by atoms with van der Waals surface area (Å²) in [7, 11) is 1.86. The second-order valence-electron chi connectivity index (χ2n) is 3.58. The van der Waals surface area contributed by atoms with Crippen LogP contribution in [0, 0.1) is 0 Å². The zero-order chi connectivity index (χ0) is 9.14. The summed E-state index contributed by atoms with van der Waals surface area (Å²) in [6.07, 6.45) is 4.09. The van der Waals surface area contributed by atoms with Crippen molar-refractivity contribution >= 4 is 5.91 Å². The summed E-state index contributed by atoms with van der Waals surface area (Å²) in [5.74, 6) is 0.111. The summed E-state index contributed by atoms with van der Waals surface area (Å²) in [5, 5.41) is 0. The first-order valence-electron chi connectivity index (χ1n) is 4.69. The molecule has 0 spiro atoms.